The third kappa shape index (κ3) is 3.76. The Labute approximate surface area is 141 Å². The Balaban J connectivity index is 1.69. The Morgan fingerprint density at radius 2 is 1.78 bits per heavy atom. The second-order valence-corrected chi connectivity index (χ2v) is 7.10. The molecule has 3 rings (SSSR count). The van der Waals surface area contributed by atoms with Crippen molar-refractivity contribution in [3.63, 3.8) is 0 Å². The van der Waals surface area contributed by atoms with E-state index in [1.54, 1.807) is 0 Å². The van der Waals surface area contributed by atoms with Crippen LogP contribution in [0.4, 0.5) is 5.69 Å². The average Bonchev–Trinajstić information content (AvgIpc) is 2.89. The van der Waals surface area contributed by atoms with Crippen LogP contribution in [0.1, 0.15) is 5.56 Å². The van der Waals surface area contributed by atoms with Crippen LogP contribution in [-0.4, -0.2) is 68.2 Å². The Kier molecular flexibility index (Phi) is 4.73. The molecule has 0 spiro atoms. The number of piperazine rings is 1. The van der Waals surface area contributed by atoms with Gasteiger partial charge >= 0.3 is 0 Å². The fraction of sp³-hybridized carbons (Fsp3) is 0.412. The highest BCUT2D eigenvalue weighted by Crippen LogP contribution is 2.30. The van der Waals surface area contributed by atoms with Gasteiger partial charge in [0.2, 0.25) is 0 Å². The van der Waals surface area contributed by atoms with Crippen molar-refractivity contribution in [3.8, 4) is 0 Å². The van der Waals surface area contributed by atoms with E-state index in [9.17, 15) is 4.79 Å². The molecule has 1 saturated heterocycles. The van der Waals surface area contributed by atoms with Gasteiger partial charge in [-0.05, 0) is 42.6 Å². The van der Waals surface area contributed by atoms with Crippen molar-refractivity contribution in [2.24, 2.45) is 4.99 Å². The van der Waals surface area contributed by atoms with E-state index in [0.717, 1.165) is 42.6 Å². The lowest BCUT2D eigenvalue weighted by Crippen LogP contribution is -2.46. The standard InChI is InChI=1S/C17H22N4OS/c1-19(2)14-6-4-13(5-7-14)12-15-16(22)18-17(23-15)21-10-8-20(3)9-11-21/h4-7,12H,8-11H2,1-3H3. The number of amides is 1. The molecule has 0 aliphatic carbocycles. The monoisotopic (exact) mass is 330 g/mol. The Morgan fingerprint density at radius 3 is 2.39 bits per heavy atom. The molecule has 6 heteroatoms. The highest BCUT2D eigenvalue weighted by atomic mass is 32.2. The number of hydrogen-bond donors (Lipinski definition) is 0. The van der Waals surface area contributed by atoms with E-state index in [1.807, 2.05) is 32.3 Å². The second kappa shape index (κ2) is 6.76. The average molecular weight is 330 g/mol. The molecule has 1 aromatic carbocycles. The molecule has 2 heterocycles. The van der Waals surface area contributed by atoms with Gasteiger partial charge in [-0.2, -0.15) is 4.99 Å². The summed E-state index contributed by atoms with van der Waals surface area (Å²) in [6.45, 7) is 3.89. The summed E-state index contributed by atoms with van der Waals surface area (Å²) in [6.07, 6.45) is 1.93. The van der Waals surface area contributed by atoms with Gasteiger partial charge in [0.05, 0.1) is 4.91 Å². The topological polar surface area (TPSA) is 39.1 Å². The molecule has 122 valence electrons. The van der Waals surface area contributed by atoms with Crippen LogP contribution in [0.15, 0.2) is 34.2 Å². The van der Waals surface area contributed by atoms with Gasteiger partial charge in [-0.15, -0.1) is 0 Å². The lowest BCUT2D eigenvalue weighted by atomic mass is 10.2. The lowest BCUT2D eigenvalue weighted by molar-refractivity contribution is -0.113. The molecule has 0 aromatic heterocycles. The molecular weight excluding hydrogens is 308 g/mol. The maximum absolute atomic E-state index is 12.1. The number of benzene rings is 1. The molecule has 1 fully saturated rings. The quantitative estimate of drug-likeness (QED) is 0.775. The van der Waals surface area contributed by atoms with Crippen LogP contribution in [0.3, 0.4) is 0 Å². The molecule has 0 saturated carbocycles. The first-order valence-corrected chi connectivity index (χ1v) is 8.58. The van der Waals surface area contributed by atoms with Crippen molar-refractivity contribution in [2.45, 2.75) is 0 Å². The fourth-order valence-corrected chi connectivity index (χ4v) is 3.52. The van der Waals surface area contributed by atoms with E-state index in [4.69, 9.17) is 0 Å². The van der Waals surface area contributed by atoms with E-state index in [0.29, 0.717) is 4.91 Å². The molecule has 0 N–H and O–H groups in total. The number of nitrogens with zero attached hydrogens (tertiary/aromatic N) is 4. The largest absolute Gasteiger partial charge is 0.378 e. The summed E-state index contributed by atoms with van der Waals surface area (Å²) in [5.41, 5.74) is 2.17. The number of thioether (sulfide) groups is 1. The third-order valence-corrected chi connectivity index (χ3v) is 5.13. The van der Waals surface area contributed by atoms with E-state index in [1.165, 1.54) is 11.8 Å². The van der Waals surface area contributed by atoms with E-state index in [2.05, 4.69) is 38.9 Å². The van der Waals surface area contributed by atoms with Gasteiger partial charge in [-0.25, -0.2) is 0 Å². The molecule has 2 aliphatic heterocycles. The number of likely N-dealkylation sites (N-methyl/N-ethyl adjacent to an activating group) is 1. The van der Waals surface area contributed by atoms with Crippen molar-refractivity contribution >= 4 is 34.6 Å². The highest BCUT2D eigenvalue weighted by molar-refractivity contribution is 8.18. The van der Waals surface area contributed by atoms with Crippen molar-refractivity contribution in [1.82, 2.24) is 9.80 Å². The maximum atomic E-state index is 12.1. The smallest absolute Gasteiger partial charge is 0.286 e. The van der Waals surface area contributed by atoms with Crippen LogP contribution in [0.2, 0.25) is 0 Å². The molecule has 2 aliphatic rings. The van der Waals surface area contributed by atoms with Gasteiger partial charge in [0.25, 0.3) is 5.91 Å². The van der Waals surface area contributed by atoms with Crippen LogP contribution in [-0.2, 0) is 4.79 Å². The Bertz CT molecular complexity index is 643. The van der Waals surface area contributed by atoms with Gasteiger partial charge < -0.3 is 14.7 Å². The van der Waals surface area contributed by atoms with Gasteiger partial charge in [0, 0.05) is 46.0 Å². The second-order valence-electron chi connectivity index (χ2n) is 6.09. The van der Waals surface area contributed by atoms with Crippen LogP contribution in [0.25, 0.3) is 6.08 Å². The van der Waals surface area contributed by atoms with E-state index in [-0.39, 0.29) is 5.91 Å². The number of carbonyl (C=O) groups excluding carboxylic acids is 1. The number of carbonyl (C=O) groups is 1. The predicted octanol–water partition coefficient (Wildman–Crippen LogP) is 1.97. The summed E-state index contributed by atoms with van der Waals surface area (Å²) in [5, 5.41) is 0.847. The normalized spacial score (nSPS) is 21.0. The van der Waals surface area contributed by atoms with Gasteiger partial charge in [0.1, 0.15) is 0 Å². The first-order valence-electron chi connectivity index (χ1n) is 7.76. The molecule has 0 atom stereocenters. The summed E-state index contributed by atoms with van der Waals surface area (Å²) < 4.78 is 0. The number of anilines is 1. The molecular formula is C17H22N4OS. The Hall–Kier alpha value is -1.79. The number of amidine groups is 1. The van der Waals surface area contributed by atoms with Gasteiger partial charge in [-0.1, -0.05) is 12.1 Å². The summed E-state index contributed by atoms with van der Waals surface area (Å²) in [4.78, 5) is 23.6. The summed E-state index contributed by atoms with van der Waals surface area (Å²) in [7, 11) is 6.15. The lowest BCUT2D eigenvalue weighted by Gasteiger charge is -2.32. The minimum absolute atomic E-state index is 0.124. The molecule has 0 radical (unpaired) electrons. The molecule has 0 bridgehead atoms. The first-order chi connectivity index (χ1) is 11.0. The van der Waals surface area contributed by atoms with Crippen molar-refractivity contribution in [2.75, 3.05) is 52.2 Å². The van der Waals surface area contributed by atoms with E-state index >= 15 is 0 Å². The predicted molar refractivity (Wildman–Crippen MR) is 97.8 cm³/mol. The first kappa shape index (κ1) is 16.1. The van der Waals surface area contributed by atoms with Crippen LogP contribution >= 0.6 is 11.8 Å². The minimum Gasteiger partial charge on any atom is -0.378 e. The summed E-state index contributed by atoms with van der Waals surface area (Å²) in [5.74, 6) is -0.124. The van der Waals surface area contributed by atoms with E-state index < -0.39 is 0 Å². The maximum Gasteiger partial charge on any atom is 0.286 e. The fourth-order valence-electron chi connectivity index (χ4n) is 2.55. The molecule has 1 amide bonds. The zero-order valence-electron chi connectivity index (χ0n) is 13.8. The SMILES string of the molecule is CN1CCN(C2=NC(=O)C(=Cc3ccc(N(C)C)cc3)S2)CC1. The zero-order chi connectivity index (χ0) is 16.4. The molecule has 5 nitrogen and oxygen atoms in total. The minimum atomic E-state index is -0.124. The Morgan fingerprint density at radius 1 is 1.13 bits per heavy atom. The molecule has 1 aromatic rings. The van der Waals surface area contributed by atoms with Crippen LogP contribution in [0.5, 0.6) is 0 Å². The van der Waals surface area contributed by atoms with Gasteiger partial charge in [-0.3, -0.25) is 4.79 Å². The van der Waals surface area contributed by atoms with Crippen molar-refractivity contribution in [1.29, 1.82) is 0 Å². The van der Waals surface area contributed by atoms with Crippen LogP contribution < -0.4 is 4.90 Å². The summed E-state index contributed by atoms with van der Waals surface area (Å²) >= 11 is 1.49. The molecule has 0 unspecified atom stereocenters. The summed E-state index contributed by atoms with van der Waals surface area (Å²) in [6, 6.07) is 8.17. The zero-order valence-corrected chi connectivity index (χ0v) is 14.6. The molecule has 23 heavy (non-hydrogen) atoms. The number of aliphatic imine (C=N–C) groups is 1. The van der Waals surface area contributed by atoms with Crippen molar-refractivity contribution < 1.29 is 4.79 Å². The third-order valence-electron chi connectivity index (χ3n) is 4.09. The number of hydrogen-bond acceptors (Lipinski definition) is 5. The van der Waals surface area contributed by atoms with Crippen LogP contribution in [0, 0.1) is 0 Å². The highest BCUT2D eigenvalue weighted by Gasteiger charge is 2.27. The van der Waals surface area contributed by atoms with Crippen molar-refractivity contribution in [3.05, 3.63) is 34.7 Å². The number of rotatable bonds is 2. The van der Waals surface area contributed by atoms with Gasteiger partial charge in [0.15, 0.2) is 5.17 Å².